The van der Waals surface area contributed by atoms with Crippen molar-refractivity contribution in [3.63, 3.8) is 0 Å². The van der Waals surface area contributed by atoms with Gasteiger partial charge in [0.15, 0.2) is 0 Å². The highest BCUT2D eigenvalue weighted by Crippen LogP contribution is 2.26. The van der Waals surface area contributed by atoms with E-state index >= 15 is 0 Å². The fourth-order valence-electron chi connectivity index (χ4n) is 3.30. The van der Waals surface area contributed by atoms with E-state index in [1.165, 1.54) is 0 Å². The van der Waals surface area contributed by atoms with Crippen LogP contribution in [0.2, 0.25) is 0 Å². The summed E-state index contributed by atoms with van der Waals surface area (Å²) in [5.41, 5.74) is 1.16. The zero-order valence-corrected chi connectivity index (χ0v) is 13.8. The molecular formula is C17H25ClN2O2. The summed E-state index contributed by atoms with van der Waals surface area (Å²) in [6, 6.07) is 10.2. The fraction of sp³-hybridized carbons (Fsp3) is 0.588. The van der Waals surface area contributed by atoms with Gasteiger partial charge in [-0.05, 0) is 31.9 Å². The monoisotopic (exact) mass is 324 g/mol. The minimum atomic E-state index is -0.00421. The third-order valence-electron chi connectivity index (χ3n) is 4.39. The Morgan fingerprint density at radius 1 is 1.27 bits per heavy atom. The van der Waals surface area contributed by atoms with Crippen molar-refractivity contribution < 1.29 is 9.53 Å². The van der Waals surface area contributed by atoms with E-state index in [4.69, 9.17) is 4.74 Å². The van der Waals surface area contributed by atoms with Crippen molar-refractivity contribution in [2.75, 3.05) is 26.2 Å². The van der Waals surface area contributed by atoms with Crippen LogP contribution in [0.5, 0.6) is 0 Å². The van der Waals surface area contributed by atoms with Crippen molar-refractivity contribution in [1.82, 2.24) is 10.2 Å². The summed E-state index contributed by atoms with van der Waals surface area (Å²) < 4.78 is 6.03. The minimum absolute atomic E-state index is 0. The molecule has 1 N–H and O–H groups in total. The highest BCUT2D eigenvalue weighted by molar-refractivity contribution is 5.85. The summed E-state index contributed by atoms with van der Waals surface area (Å²) in [5, 5.41) is 3.33. The Hall–Kier alpha value is -1.10. The lowest BCUT2D eigenvalue weighted by Gasteiger charge is -2.39. The van der Waals surface area contributed by atoms with Gasteiger partial charge in [-0.2, -0.15) is 0 Å². The van der Waals surface area contributed by atoms with Crippen LogP contribution >= 0.6 is 12.4 Å². The number of carbonyl (C=O) groups is 1. The molecule has 1 amide bonds. The summed E-state index contributed by atoms with van der Waals surface area (Å²) in [5.74, 6) is 0.429. The number of rotatable bonds is 2. The van der Waals surface area contributed by atoms with Crippen LogP contribution in [0.25, 0.3) is 0 Å². The van der Waals surface area contributed by atoms with Gasteiger partial charge in [0, 0.05) is 13.1 Å². The number of morpholine rings is 1. The largest absolute Gasteiger partial charge is 0.367 e. The number of amides is 1. The zero-order valence-electron chi connectivity index (χ0n) is 13.0. The van der Waals surface area contributed by atoms with E-state index in [9.17, 15) is 4.79 Å². The lowest BCUT2D eigenvalue weighted by Crippen LogP contribution is -2.50. The smallest absolute Gasteiger partial charge is 0.227 e. The molecule has 1 aromatic rings. The molecule has 0 saturated carbocycles. The number of piperidine rings is 1. The fourth-order valence-corrected chi connectivity index (χ4v) is 3.30. The Morgan fingerprint density at radius 3 is 2.73 bits per heavy atom. The SMILES string of the molecule is CC1CN(C(=O)C2CCCNC2)CC(c2ccccc2)O1.Cl. The maximum atomic E-state index is 12.7. The standard InChI is InChI=1S/C17H24N2O2.ClH/c1-13-11-19(17(20)15-8-5-9-18-10-15)12-16(21-13)14-6-3-2-4-7-14;/h2-4,6-7,13,15-16,18H,5,8-12H2,1H3;1H. The first kappa shape index (κ1) is 17.3. The highest BCUT2D eigenvalue weighted by atomic mass is 35.5. The number of ether oxygens (including phenoxy) is 1. The first-order valence-corrected chi connectivity index (χ1v) is 7.94. The van der Waals surface area contributed by atoms with E-state index in [2.05, 4.69) is 24.4 Å². The number of hydrogen-bond acceptors (Lipinski definition) is 3. The number of nitrogens with one attached hydrogen (secondary N) is 1. The van der Waals surface area contributed by atoms with Gasteiger partial charge in [-0.15, -0.1) is 12.4 Å². The third kappa shape index (κ3) is 4.00. The van der Waals surface area contributed by atoms with Gasteiger partial charge in [0.25, 0.3) is 0 Å². The van der Waals surface area contributed by atoms with Crippen LogP contribution in [-0.4, -0.2) is 43.1 Å². The summed E-state index contributed by atoms with van der Waals surface area (Å²) >= 11 is 0. The van der Waals surface area contributed by atoms with Gasteiger partial charge in [0.05, 0.1) is 18.6 Å². The molecule has 4 nitrogen and oxygen atoms in total. The van der Waals surface area contributed by atoms with Gasteiger partial charge in [0.1, 0.15) is 6.10 Å². The summed E-state index contributed by atoms with van der Waals surface area (Å²) in [6.45, 7) is 5.29. The minimum Gasteiger partial charge on any atom is -0.367 e. The Balaban J connectivity index is 0.00000176. The molecule has 0 spiro atoms. The number of hydrogen-bond donors (Lipinski definition) is 1. The lowest BCUT2D eigenvalue weighted by atomic mass is 9.97. The predicted octanol–water partition coefficient (Wildman–Crippen LogP) is 2.40. The highest BCUT2D eigenvalue weighted by Gasteiger charge is 2.33. The number of halogens is 1. The molecule has 0 bridgehead atoms. The lowest BCUT2D eigenvalue weighted by molar-refractivity contribution is -0.149. The van der Waals surface area contributed by atoms with Gasteiger partial charge in [-0.3, -0.25) is 4.79 Å². The molecule has 2 fully saturated rings. The van der Waals surface area contributed by atoms with Gasteiger partial charge in [-0.25, -0.2) is 0 Å². The van der Waals surface area contributed by atoms with Crippen molar-refractivity contribution in [3.05, 3.63) is 35.9 Å². The third-order valence-corrected chi connectivity index (χ3v) is 4.39. The van der Waals surface area contributed by atoms with Crippen LogP contribution in [0, 0.1) is 5.92 Å². The van der Waals surface area contributed by atoms with Crippen LogP contribution in [-0.2, 0) is 9.53 Å². The second-order valence-electron chi connectivity index (χ2n) is 6.13. The van der Waals surface area contributed by atoms with E-state index in [1.807, 2.05) is 23.1 Å². The molecular weight excluding hydrogens is 300 g/mol. The Kier molecular flexibility index (Phi) is 6.24. The van der Waals surface area contributed by atoms with Crippen molar-refractivity contribution >= 4 is 18.3 Å². The molecule has 3 atom stereocenters. The Labute approximate surface area is 138 Å². The molecule has 1 aromatic carbocycles. The molecule has 2 saturated heterocycles. The maximum absolute atomic E-state index is 12.7. The average molecular weight is 325 g/mol. The van der Waals surface area contributed by atoms with E-state index in [0.717, 1.165) is 31.5 Å². The Bertz CT molecular complexity index is 477. The number of carbonyl (C=O) groups excluding carboxylic acids is 1. The van der Waals surface area contributed by atoms with Crippen LogP contribution in [0.3, 0.4) is 0 Å². The van der Waals surface area contributed by atoms with Crippen LogP contribution in [0.15, 0.2) is 30.3 Å². The average Bonchev–Trinajstić information content (AvgIpc) is 2.55. The van der Waals surface area contributed by atoms with Gasteiger partial charge in [-0.1, -0.05) is 30.3 Å². The van der Waals surface area contributed by atoms with Gasteiger partial charge >= 0.3 is 0 Å². The molecule has 0 aromatic heterocycles. The van der Waals surface area contributed by atoms with Gasteiger partial charge in [0.2, 0.25) is 5.91 Å². The first-order valence-electron chi connectivity index (χ1n) is 7.94. The van der Waals surface area contributed by atoms with Crippen molar-refractivity contribution in [2.45, 2.75) is 32.0 Å². The first-order chi connectivity index (χ1) is 10.2. The molecule has 2 heterocycles. The van der Waals surface area contributed by atoms with Crippen LogP contribution in [0.1, 0.15) is 31.4 Å². The van der Waals surface area contributed by atoms with E-state index in [-0.39, 0.29) is 30.5 Å². The summed E-state index contributed by atoms with van der Waals surface area (Å²) in [7, 11) is 0. The molecule has 0 radical (unpaired) electrons. The number of benzene rings is 1. The Morgan fingerprint density at radius 2 is 2.05 bits per heavy atom. The normalized spacial score (nSPS) is 28.8. The quantitative estimate of drug-likeness (QED) is 0.908. The maximum Gasteiger partial charge on any atom is 0.227 e. The molecule has 2 aliphatic heterocycles. The van der Waals surface area contributed by atoms with E-state index < -0.39 is 0 Å². The second-order valence-corrected chi connectivity index (χ2v) is 6.13. The molecule has 22 heavy (non-hydrogen) atoms. The van der Waals surface area contributed by atoms with Crippen molar-refractivity contribution in [1.29, 1.82) is 0 Å². The number of nitrogens with zero attached hydrogens (tertiary/aromatic N) is 1. The van der Waals surface area contributed by atoms with Crippen LogP contribution < -0.4 is 5.32 Å². The zero-order chi connectivity index (χ0) is 14.7. The second kappa shape index (κ2) is 7.95. The molecule has 0 aliphatic carbocycles. The molecule has 3 unspecified atom stereocenters. The van der Waals surface area contributed by atoms with Crippen molar-refractivity contribution in [2.24, 2.45) is 5.92 Å². The topological polar surface area (TPSA) is 41.6 Å². The molecule has 3 rings (SSSR count). The molecule has 2 aliphatic rings. The molecule has 5 heteroatoms. The van der Waals surface area contributed by atoms with E-state index in [1.54, 1.807) is 0 Å². The van der Waals surface area contributed by atoms with Crippen molar-refractivity contribution in [3.8, 4) is 0 Å². The van der Waals surface area contributed by atoms with E-state index in [0.29, 0.717) is 19.0 Å². The van der Waals surface area contributed by atoms with Gasteiger partial charge < -0.3 is 15.0 Å². The predicted molar refractivity (Wildman–Crippen MR) is 89.2 cm³/mol. The summed E-state index contributed by atoms with van der Waals surface area (Å²) in [4.78, 5) is 14.7. The summed E-state index contributed by atoms with van der Waals surface area (Å²) in [6.07, 6.45) is 2.19. The van der Waals surface area contributed by atoms with Crippen LogP contribution in [0.4, 0.5) is 0 Å². The molecule has 122 valence electrons.